The molecule has 0 fully saturated rings. The van der Waals surface area contributed by atoms with Gasteiger partial charge in [0.2, 0.25) is 0 Å². The number of ether oxygens (including phenoxy) is 1. The Morgan fingerprint density at radius 3 is 2.72 bits per heavy atom. The van der Waals surface area contributed by atoms with Crippen LogP contribution in [0.2, 0.25) is 5.02 Å². The maximum Gasteiger partial charge on any atom is 0.258 e. The van der Waals surface area contributed by atoms with E-state index < -0.39 is 0 Å². The smallest absolute Gasteiger partial charge is 0.258 e. The Labute approximate surface area is 180 Å². The molecule has 0 N–H and O–H groups in total. The molecule has 0 atom stereocenters. The Morgan fingerprint density at radius 1 is 1.21 bits per heavy atom. The van der Waals surface area contributed by atoms with E-state index in [4.69, 9.17) is 16.3 Å². The van der Waals surface area contributed by atoms with Gasteiger partial charge in [-0.05, 0) is 37.1 Å². The number of thiazole rings is 1. The number of aromatic nitrogens is 5. The molecule has 0 aliphatic carbocycles. The van der Waals surface area contributed by atoms with Gasteiger partial charge in [0.25, 0.3) is 5.56 Å². The summed E-state index contributed by atoms with van der Waals surface area (Å²) in [5.41, 5.74) is 2.59. The summed E-state index contributed by atoms with van der Waals surface area (Å²) in [5, 5.41) is 11.8. The van der Waals surface area contributed by atoms with Crippen molar-refractivity contribution in [2.24, 2.45) is 7.05 Å². The number of hydrogen-bond donors (Lipinski definition) is 0. The second-order valence-electron chi connectivity index (χ2n) is 6.55. The summed E-state index contributed by atoms with van der Waals surface area (Å²) < 4.78 is 9.30. The van der Waals surface area contributed by atoms with Gasteiger partial charge in [0.1, 0.15) is 12.4 Å². The Kier molecular flexibility index (Phi) is 5.62. The Morgan fingerprint density at radius 2 is 1.97 bits per heavy atom. The van der Waals surface area contributed by atoms with E-state index in [2.05, 4.69) is 15.2 Å². The highest BCUT2D eigenvalue weighted by Gasteiger charge is 2.12. The first-order valence-corrected chi connectivity index (χ1v) is 11.0. The SMILES string of the molecule is Cc1cc(OCc2nnc(SCc3cc(=O)n4ccsc4n3)n2C)cc(C)c1Cl. The molecule has 4 rings (SSSR count). The molecule has 0 bridgehead atoms. The highest BCUT2D eigenvalue weighted by Crippen LogP contribution is 2.27. The molecular formula is C19H18ClN5O2S2. The molecule has 0 spiro atoms. The lowest BCUT2D eigenvalue weighted by Crippen LogP contribution is -2.12. The van der Waals surface area contributed by atoms with Crippen LogP contribution in [0.1, 0.15) is 22.6 Å². The molecule has 0 aliphatic rings. The highest BCUT2D eigenvalue weighted by molar-refractivity contribution is 7.98. The lowest BCUT2D eigenvalue weighted by Gasteiger charge is -2.10. The van der Waals surface area contributed by atoms with Gasteiger partial charge in [0.15, 0.2) is 15.9 Å². The quantitative estimate of drug-likeness (QED) is 0.415. The second-order valence-corrected chi connectivity index (χ2v) is 8.74. The van der Waals surface area contributed by atoms with Gasteiger partial charge in [-0.1, -0.05) is 23.4 Å². The van der Waals surface area contributed by atoms with E-state index in [0.29, 0.717) is 23.1 Å². The van der Waals surface area contributed by atoms with Crippen molar-refractivity contribution in [2.75, 3.05) is 0 Å². The van der Waals surface area contributed by atoms with Gasteiger partial charge >= 0.3 is 0 Å². The number of aryl methyl sites for hydroxylation is 2. The van der Waals surface area contributed by atoms with Crippen molar-refractivity contribution in [3.63, 3.8) is 0 Å². The summed E-state index contributed by atoms with van der Waals surface area (Å²) in [7, 11) is 1.89. The van der Waals surface area contributed by atoms with Gasteiger partial charge in [0, 0.05) is 35.5 Å². The summed E-state index contributed by atoms with van der Waals surface area (Å²) in [6.45, 7) is 4.20. The van der Waals surface area contributed by atoms with Crippen LogP contribution >= 0.6 is 34.7 Å². The maximum atomic E-state index is 12.1. The summed E-state index contributed by atoms with van der Waals surface area (Å²) in [6, 6.07) is 5.37. The maximum absolute atomic E-state index is 12.1. The molecule has 29 heavy (non-hydrogen) atoms. The van der Waals surface area contributed by atoms with Crippen LogP contribution in [0.25, 0.3) is 4.96 Å². The van der Waals surface area contributed by atoms with Crippen molar-refractivity contribution in [1.82, 2.24) is 24.1 Å². The van der Waals surface area contributed by atoms with Crippen molar-refractivity contribution in [3.8, 4) is 5.75 Å². The van der Waals surface area contributed by atoms with Gasteiger partial charge in [0.05, 0.1) is 5.69 Å². The van der Waals surface area contributed by atoms with Crippen LogP contribution in [0.3, 0.4) is 0 Å². The molecule has 0 aliphatic heterocycles. The molecule has 0 radical (unpaired) electrons. The molecule has 3 heterocycles. The average Bonchev–Trinajstić information content (AvgIpc) is 3.30. The third-order valence-corrected chi connectivity index (χ3v) is 6.81. The number of halogens is 1. The number of rotatable bonds is 6. The van der Waals surface area contributed by atoms with Crippen LogP contribution < -0.4 is 10.3 Å². The molecule has 1 aromatic carbocycles. The lowest BCUT2D eigenvalue weighted by molar-refractivity contribution is 0.290. The van der Waals surface area contributed by atoms with E-state index in [9.17, 15) is 4.79 Å². The fraction of sp³-hybridized carbons (Fsp3) is 0.263. The fourth-order valence-corrected chi connectivity index (χ4v) is 4.50. The molecule has 10 heteroatoms. The van der Waals surface area contributed by atoms with E-state index in [-0.39, 0.29) is 5.56 Å². The summed E-state index contributed by atoms with van der Waals surface area (Å²) in [6.07, 6.45) is 1.73. The first kappa shape index (κ1) is 19.9. The fourth-order valence-electron chi connectivity index (χ4n) is 2.83. The van der Waals surface area contributed by atoms with E-state index in [1.165, 1.54) is 27.5 Å². The lowest BCUT2D eigenvalue weighted by atomic mass is 10.1. The van der Waals surface area contributed by atoms with Crippen LogP contribution in [0.5, 0.6) is 5.75 Å². The standard InChI is InChI=1S/C19H18ClN5O2S2/c1-11-6-14(7-12(2)17(11)20)27-9-15-22-23-19(24(15)3)29-10-13-8-16(26)25-4-5-28-18(25)21-13/h4-8H,9-10H2,1-3H3. The summed E-state index contributed by atoms with van der Waals surface area (Å²) in [5.74, 6) is 1.99. The minimum atomic E-state index is -0.0764. The summed E-state index contributed by atoms with van der Waals surface area (Å²) in [4.78, 5) is 17.3. The summed E-state index contributed by atoms with van der Waals surface area (Å²) >= 11 is 9.12. The third-order valence-electron chi connectivity index (χ3n) is 4.41. The Bertz CT molecular complexity index is 1220. The van der Waals surface area contributed by atoms with Crippen molar-refractivity contribution in [2.45, 2.75) is 31.4 Å². The van der Waals surface area contributed by atoms with E-state index >= 15 is 0 Å². The molecule has 150 valence electrons. The van der Waals surface area contributed by atoms with Crippen LogP contribution in [-0.2, 0) is 19.4 Å². The third kappa shape index (κ3) is 4.17. The van der Waals surface area contributed by atoms with Gasteiger partial charge in [-0.3, -0.25) is 9.20 Å². The van der Waals surface area contributed by atoms with Crippen molar-refractivity contribution >= 4 is 39.7 Å². The van der Waals surface area contributed by atoms with Crippen molar-refractivity contribution < 1.29 is 4.74 Å². The topological polar surface area (TPSA) is 74.3 Å². The van der Waals surface area contributed by atoms with Crippen LogP contribution in [0, 0.1) is 13.8 Å². The Hall–Kier alpha value is -2.36. The van der Waals surface area contributed by atoms with Crippen molar-refractivity contribution in [1.29, 1.82) is 0 Å². The van der Waals surface area contributed by atoms with Crippen LogP contribution in [-0.4, -0.2) is 24.1 Å². The predicted octanol–water partition coefficient (Wildman–Crippen LogP) is 4.03. The predicted molar refractivity (Wildman–Crippen MR) is 115 cm³/mol. The highest BCUT2D eigenvalue weighted by atomic mass is 35.5. The van der Waals surface area contributed by atoms with Gasteiger partial charge in [-0.25, -0.2) is 4.98 Å². The minimum Gasteiger partial charge on any atom is -0.486 e. The second kappa shape index (κ2) is 8.17. The van der Waals surface area contributed by atoms with E-state index in [1.54, 1.807) is 12.3 Å². The molecule has 0 amide bonds. The molecule has 0 unspecified atom stereocenters. The number of nitrogens with zero attached hydrogens (tertiary/aromatic N) is 5. The van der Waals surface area contributed by atoms with E-state index in [0.717, 1.165) is 32.7 Å². The largest absolute Gasteiger partial charge is 0.486 e. The number of hydrogen-bond acceptors (Lipinski definition) is 7. The van der Waals surface area contributed by atoms with Crippen LogP contribution in [0.15, 0.2) is 39.7 Å². The zero-order chi connectivity index (χ0) is 20.5. The van der Waals surface area contributed by atoms with Crippen LogP contribution in [0.4, 0.5) is 0 Å². The van der Waals surface area contributed by atoms with Crippen molar-refractivity contribution in [3.05, 3.63) is 67.8 Å². The zero-order valence-electron chi connectivity index (χ0n) is 16.0. The molecule has 7 nitrogen and oxygen atoms in total. The molecule has 0 saturated carbocycles. The Balaban J connectivity index is 1.43. The average molecular weight is 448 g/mol. The van der Waals surface area contributed by atoms with E-state index in [1.807, 2.05) is 43.0 Å². The molecule has 0 saturated heterocycles. The molecule has 4 aromatic rings. The monoisotopic (exact) mass is 447 g/mol. The zero-order valence-corrected chi connectivity index (χ0v) is 18.4. The van der Waals surface area contributed by atoms with Gasteiger partial charge in [-0.2, -0.15) is 0 Å². The minimum absolute atomic E-state index is 0.0764. The number of fused-ring (bicyclic) bond motifs is 1. The van der Waals surface area contributed by atoms with Gasteiger partial charge in [-0.15, -0.1) is 21.5 Å². The molecule has 3 aromatic heterocycles. The normalized spacial score (nSPS) is 11.3. The number of benzene rings is 1. The first-order chi connectivity index (χ1) is 13.9. The van der Waals surface area contributed by atoms with Gasteiger partial charge < -0.3 is 9.30 Å². The molecular weight excluding hydrogens is 430 g/mol. The first-order valence-electron chi connectivity index (χ1n) is 8.79. The number of thioether (sulfide) groups is 1.